The largest absolute Gasteiger partial charge is 0.344 e. The van der Waals surface area contributed by atoms with Crippen molar-refractivity contribution in [3.8, 4) is 0 Å². The Labute approximate surface area is 282 Å². The number of hydrogen-bond donors (Lipinski definition) is 0. The Morgan fingerprint density at radius 3 is 1.81 bits per heavy atom. The van der Waals surface area contributed by atoms with E-state index in [1.54, 1.807) is 24.3 Å². The van der Waals surface area contributed by atoms with Gasteiger partial charge in [-0.05, 0) is 110 Å². The number of hydrogen-bond acceptors (Lipinski definition) is 2. The normalized spacial score (nSPS) is 16.0. The van der Waals surface area contributed by atoms with E-state index in [0.717, 1.165) is 65.0 Å². The topological polar surface area (TPSA) is 16.3 Å². The van der Waals surface area contributed by atoms with Crippen molar-refractivity contribution in [2.75, 3.05) is 20.1 Å². The molecule has 4 aromatic carbocycles. The molecule has 4 heterocycles. The SMILES string of the molecule is Cc1ccc2c(c1)c1c(n2CCc2ccc(F)cc2)CCN(C(C)c2ccc3c(c2)c2c(n3CCc3ccc(F)cc3)CCN(C)C2)C1. The van der Waals surface area contributed by atoms with Gasteiger partial charge in [0.05, 0.1) is 0 Å². The summed E-state index contributed by atoms with van der Waals surface area (Å²) in [6, 6.07) is 28.2. The van der Waals surface area contributed by atoms with Crippen molar-refractivity contribution in [2.45, 2.75) is 71.8 Å². The molecular weight excluding hydrogens is 598 g/mol. The van der Waals surface area contributed by atoms with Crippen LogP contribution >= 0.6 is 0 Å². The first-order valence-corrected chi connectivity index (χ1v) is 17.5. The van der Waals surface area contributed by atoms with E-state index in [2.05, 4.69) is 76.2 Å². The van der Waals surface area contributed by atoms with Crippen molar-refractivity contribution in [3.05, 3.63) is 141 Å². The van der Waals surface area contributed by atoms with Crippen LogP contribution in [0.3, 0.4) is 0 Å². The highest BCUT2D eigenvalue weighted by Gasteiger charge is 2.29. The summed E-state index contributed by atoms with van der Waals surface area (Å²) in [6.45, 7) is 10.3. The van der Waals surface area contributed by atoms with Crippen molar-refractivity contribution in [2.24, 2.45) is 0 Å². The fourth-order valence-electron chi connectivity index (χ4n) is 8.28. The monoisotopic (exact) mass is 642 g/mol. The zero-order chi connectivity index (χ0) is 32.9. The molecular formula is C42H44F2N4. The molecule has 0 radical (unpaired) electrons. The van der Waals surface area contributed by atoms with Crippen LogP contribution < -0.4 is 0 Å². The van der Waals surface area contributed by atoms with Gasteiger partial charge in [0.2, 0.25) is 0 Å². The highest BCUT2D eigenvalue weighted by Crippen LogP contribution is 2.37. The number of likely N-dealkylation sites (N-methyl/N-ethyl adjacent to an activating group) is 1. The molecule has 2 aliphatic rings. The van der Waals surface area contributed by atoms with Gasteiger partial charge in [-0.1, -0.05) is 42.0 Å². The van der Waals surface area contributed by atoms with Gasteiger partial charge >= 0.3 is 0 Å². The number of nitrogens with zero attached hydrogens (tertiary/aromatic N) is 4. The molecule has 6 aromatic rings. The summed E-state index contributed by atoms with van der Waals surface area (Å²) in [5.41, 5.74) is 13.4. The van der Waals surface area contributed by atoms with Crippen LogP contribution in [0.1, 0.15) is 57.7 Å². The molecule has 8 rings (SSSR count). The van der Waals surface area contributed by atoms with Gasteiger partial charge in [0.1, 0.15) is 11.6 Å². The van der Waals surface area contributed by atoms with Gasteiger partial charge in [0.25, 0.3) is 0 Å². The first-order valence-electron chi connectivity index (χ1n) is 17.5. The fourth-order valence-corrected chi connectivity index (χ4v) is 8.28. The molecule has 0 bridgehead atoms. The number of fused-ring (bicyclic) bond motifs is 6. The van der Waals surface area contributed by atoms with E-state index < -0.39 is 0 Å². The summed E-state index contributed by atoms with van der Waals surface area (Å²) in [4.78, 5) is 5.09. The van der Waals surface area contributed by atoms with E-state index in [-0.39, 0.29) is 17.7 Å². The lowest BCUT2D eigenvalue weighted by Gasteiger charge is -2.33. The highest BCUT2D eigenvalue weighted by atomic mass is 19.1. The standard InChI is InChI=1S/C42H44F2N4/c1-28-4-14-39-35(24-28)38-27-46(21-19-42(38)47(39)22-16-30-5-10-33(43)11-6-30)29(2)32-9-15-40-36(25-32)37-26-45(3)20-18-41(37)48(40)23-17-31-7-12-34(44)13-8-31/h4-15,24-25,29H,16-23,26-27H2,1-3H3. The van der Waals surface area contributed by atoms with Gasteiger partial charge in [-0.2, -0.15) is 0 Å². The molecule has 6 heteroatoms. The average molecular weight is 643 g/mol. The molecule has 48 heavy (non-hydrogen) atoms. The summed E-state index contributed by atoms with van der Waals surface area (Å²) in [5.74, 6) is -0.363. The maximum atomic E-state index is 13.5. The Morgan fingerprint density at radius 2 is 1.19 bits per heavy atom. The van der Waals surface area contributed by atoms with Gasteiger partial charge < -0.3 is 14.0 Å². The van der Waals surface area contributed by atoms with Crippen LogP contribution in [0.15, 0.2) is 84.9 Å². The molecule has 1 atom stereocenters. The third-order valence-electron chi connectivity index (χ3n) is 11.0. The first kappa shape index (κ1) is 31.0. The lowest BCUT2D eigenvalue weighted by Crippen LogP contribution is -2.33. The lowest BCUT2D eigenvalue weighted by molar-refractivity contribution is 0.191. The quantitative estimate of drug-likeness (QED) is 0.165. The maximum absolute atomic E-state index is 13.5. The molecule has 0 amide bonds. The van der Waals surface area contributed by atoms with Crippen molar-refractivity contribution in [1.29, 1.82) is 0 Å². The number of aryl methyl sites for hydroxylation is 5. The minimum Gasteiger partial charge on any atom is -0.344 e. The van der Waals surface area contributed by atoms with E-state index in [0.29, 0.717) is 0 Å². The van der Waals surface area contributed by atoms with Crippen LogP contribution in [0.5, 0.6) is 0 Å². The van der Waals surface area contributed by atoms with Gasteiger partial charge in [-0.25, -0.2) is 8.78 Å². The molecule has 2 aromatic heterocycles. The molecule has 246 valence electrons. The Kier molecular flexibility index (Phi) is 8.18. The number of rotatable bonds is 8. The van der Waals surface area contributed by atoms with E-state index in [1.807, 2.05) is 24.3 Å². The zero-order valence-electron chi connectivity index (χ0n) is 28.3. The van der Waals surface area contributed by atoms with Crippen LogP contribution in [0.4, 0.5) is 8.78 Å². The maximum Gasteiger partial charge on any atom is 0.123 e. The van der Waals surface area contributed by atoms with E-state index in [4.69, 9.17) is 0 Å². The average Bonchev–Trinajstić information content (AvgIpc) is 3.57. The third kappa shape index (κ3) is 5.75. The van der Waals surface area contributed by atoms with E-state index in [1.165, 1.54) is 66.6 Å². The van der Waals surface area contributed by atoms with Crippen molar-refractivity contribution in [3.63, 3.8) is 0 Å². The van der Waals surface area contributed by atoms with Crippen LogP contribution in [0, 0.1) is 18.6 Å². The van der Waals surface area contributed by atoms with Gasteiger partial charge in [-0.15, -0.1) is 0 Å². The van der Waals surface area contributed by atoms with Crippen molar-refractivity contribution < 1.29 is 8.78 Å². The first-order chi connectivity index (χ1) is 23.3. The molecule has 0 fully saturated rings. The number of benzene rings is 4. The van der Waals surface area contributed by atoms with Crippen molar-refractivity contribution in [1.82, 2.24) is 18.9 Å². The van der Waals surface area contributed by atoms with Gasteiger partial charge in [-0.3, -0.25) is 4.90 Å². The fraction of sp³-hybridized carbons (Fsp3) is 0.333. The molecule has 0 N–H and O–H groups in total. The molecule has 0 spiro atoms. The molecule has 1 unspecified atom stereocenters. The molecule has 2 aliphatic heterocycles. The minimum atomic E-state index is -0.182. The molecule has 0 saturated carbocycles. The molecule has 4 nitrogen and oxygen atoms in total. The molecule has 0 aliphatic carbocycles. The number of aromatic nitrogens is 2. The summed E-state index contributed by atoms with van der Waals surface area (Å²) in [5, 5.41) is 2.75. The Bertz CT molecular complexity index is 2110. The predicted octanol–water partition coefficient (Wildman–Crippen LogP) is 8.78. The van der Waals surface area contributed by atoms with Crippen LogP contribution in [-0.2, 0) is 51.9 Å². The summed E-state index contributed by atoms with van der Waals surface area (Å²) in [6.07, 6.45) is 3.83. The summed E-state index contributed by atoms with van der Waals surface area (Å²) >= 11 is 0. The van der Waals surface area contributed by atoms with E-state index >= 15 is 0 Å². The predicted molar refractivity (Wildman–Crippen MR) is 191 cm³/mol. The van der Waals surface area contributed by atoms with Crippen LogP contribution in [-0.4, -0.2) is 39.1 Å². The zero-order valence-corrected chi connectivity index (χ0v) is 28.3. The van der Waals surface area contributed by atoms with Gasteiger partial charge in [0.15, 0.2) is 0 Å². The second kappa shape index (κ2) is 12.6. The number of halogens is 2. The lowest BCUT2D eigenvalue weighted by atomic mass is 9.97. The Balaban J connectivity index is 1.08. The van der Waals surface area contributed by atoms with E-state index in [9.17, 15) is 8.78 Å². The second-order valence-corrected chi connectivity index (χ2v) is 14.1. The minimum absolute atomic E-state index is 0.181. The molecule has 0 saturated heterocycles. The highest BCUT2D eigenvalue weighted by molar-refractivity contribution is 5.87. The smallest absolute Gasteiger partial charge is 0.123 e. The van der Waals surface area contributed by atoms with Gasteiger partial charge in [0, 0.05) is 91.3 Å². The summed E-state index contributed by atoms with van der Waals surface area (Å²) < 4.78 is 32.1. The Morgan fingerprint density at radius 1 is 0.646 bits per heavy atom. The Hall–Kier alpha value is -4.26. The summed E-state index contributed by atoms with van der Waals surface area (Å²) in [7, 11) is 2.22. The third-order valence-corrected chi connectivity index (χ3v) is 11.0. The second-order valence-electron chi connectivity index (χ2n) is 14.1. The van der Waals surface area contributed by atoms with Crippen LogP contribution in [0.2, 0.25) is 0 Å². The van der Waals surface area contributed by atoms with Crippen LogP contribution in [0.25, 0.3) is 21.8 Å². The van der Waals surface area contributed by atoms with Crippen molar-refractivity contribution >= 4 is 21.8 Å².